The summed E-state index contributed by atoms with van der Waals surface area (Å²) in [5.74, 6) is -4.07. The summed E-state index contributed by atoms with van der Waals surface area (Å²) < 4.78 is 0. The van der Waals surface area contributed by atoms with Gasteiger partial charge in [-0.05, 0) is 18.2 Å². The Morgan fingerprint density at radius 1 is 1.31 bits per heavy atom. The molecule has 9 nitrogen and oxygen atoms in total. The van der Waals surface area contributed by atoms with Crippen molar-refractivity contribution in [2.45, 2.75) is 24.6 Å². The number of carbonyl (C=O) groups excluding carboxylic acids is 3. The molecule has 1 aromatic rings. The molecule has 2 atom stereocenters. The number of imide groups is 1. The molecule has 1 aliphatic rings. The first-order valence-corrected chi connectivity index (χ1v) is 8.57. The molecule has 1 fully saturated rings. The fourth-order valence-corrected chi connectivity index (χ4v) is 3.58. The number of thioether (sulfide) groups is 1. The van der Waals surface area contributed by atoms with E-state index in [1.165, 1.54) is 31.2 Å². The average Bonchev–Trinajstić information content (AvgIpc) is 2.84. The van der Waals surface area contributed by atoms with Crippen LogP contribution in [0.3, 0.4) is 0 Å². The van der Waals surface area contributed by atoms with Crippen LogP contribution in [0.1, 0.15) is 23.7 Å². The van der Waals surface area contributed by atoms with Crippen molar-refractivity contribution in [1.29, 1.82) is 0 Å². The van der Waals surface area contributed by atoms with E-state index >= 15 is 0 Å². The number of carbonyl (C=O) groups is 5. The number of anilines is 1. The number of hydrogen-bond donors (Lipinski definition) is 3. The Labute approximate surface area is 152 Å². The molecule has 0 saturated carbocycles. The van der Waals surface area contributed by atoms with Crippen molar-refractivity contribution in [2.24, 2.45) is 0 Å². The molecule has 0 bridgehead atoms. The average molecular weight is 380 g/mol. The van der Waals surface area contributed by atoms with Crippen LogP contribution in [-0.4, -0.2) is 56.9 Å². The third-order valence-corrected chi connectivity index (χ3v) is 4.89. The van der Waals surface area contributed by atoms with Crippen LogP contribution >= 0.6 is 11.8 Å². The van der Waals surface area contributed by atoms with Gasteiger partial charge in [0.15, 0.2) is 0 Å². The van der Waals surface area contributed by atoms with Crippen LogP contribution in [0.5, 0.6) is 0 Å². The van der Waals surface area contributed by atoms with Crippen LogP contribution < -0.4 is 10.2 Å². The van der Waals surface area contributed by atoms with E-state index < -0.39 is 41.0 Å². The zero-order valence-electron chi connectivity index (χ0n) is 13.7. The van der Waals surface area contributed by atoms with Gasteiger partial charge in [-0.2, -0.15) is 0 Å². The molecule has 1 aromatic carbocycles. The lowest BCUT2D eigenvalue weighted by Crippen LogP contribution is -2.42. The van der Waals surface area contributed by atoms with Crippen LogP contribution in [0.2, 0.25) is 0 Å². The monoisotopic (exact) mass is 380 g/mol. The molecule has 0 spiro atoms. The topological polar surface area (TPSA) is 141 Å². The van der Waals surface area contributed by atoms with E-state index in [4.69, 9.17) is 10.2 Å². The molecule has 3 N–H and O–H groups in total. The van der Waals surface area contributed by atoms with E-state index in [2.05, 4.69) is 5.32 Å². The first-order chi connectivity index (χ1) is 12.2. The second kappa shape index (κ2) is 8.00. The Kier molecular flexibility index (Phi) is 5.98. The molecule has 0 aliphatic carbocycles. The largest absolute Gasteiger partial charge is 0.480 e. The van der Waals surface area contributed by atoms with Gasteiger partial charge in [0.25, 0.3) is 0 Å². The van der Waals surface area contributed by atoms with Gasteiger partial charge in [0.2, 0.25) is 17.7 Å². The Balaban J connectivity index is 2.11. The number of carboxylic acids is 2. The van der Waals surface area contributed by atoms with Crippen LogP contribution in [0.15, 0.2) is 24.3 Å². The quantitative estimate of drug-likeness (QED) is 0.575. The SMILES string of the molecule is CC(=O)NC(CSC1CC(=O)N(c2cccc(C(=O)O)c2)C1=O)C(=O)O. The summed E-state index contributed by atoms with van der Waals surface area (Å²) in [4.78, 5) is 58.8. The highest BCUT2D eigenvalue weighted by molar-refractivity contribution is 8.00. The maximum atomic E-state index is 12.5. The molecule has 1 heterocycles. The Bertz CT molecular complexity index is 780. The first-order valence-electron chi connectivity index (χ1n) is 7.52. The summed E-state index contributed by atoms with van der Waals surface area (Å²) in [6.07, 6.45) is -0.132. The third kappa shape index (κ3) is 4.39. The number of amides is 3. The number of aromatic carboxylic acids is 1. The van der Waals surface area contributed by atoms with Gasteiger partial charge in [-0.3, -0.25) is 14.4 Å². The number of rotatable bonds is 7. The van der Waals surface area contributed by atoms with Gasteiger partial charge in [0, 0.05) is 19.1 Å². The van der Waals surface area contributed by atoms with Crippen molar-refractivity contribution in [3.8, 4) is 0 Å². The first kappa shape index (κ1) is 19.4. The van der Waals surface area contributed by atoms with Crippen LogP contribution in [-0.2, 0) is 19.2 Å². The van der Waals surface area contributed by atoms with E-state index in [9.17, 15) is 24.0 Å². The van der Waals surface area contributed by atoms with Gasteiger partial charge in [-0.25, -0.2) is 14.5 Å². The van der Waals surface area contributed by atoms with E-state index in [-0.39, 0.29) is 23.4 Å². The summed E-state index contributed by atoms with van der Waals surface area (Å²) >= 11 is 0.959. The minimum atomic E-state index is -1.24. The smallest absolute Gasteiger partial charge is 0.335 e. The zero-order valence-corrected chi connectivity index (χ0v) is 14.5. The molecule has 1 saturated heterocycles. The summed E-state index contributed by atoms with van der Waals surface area (Å²) in [6, 6.07) is 4.27. The molecular formula is C16H16N2O7S. The van der Waals surface area contributed by atoms with Crippen molar-refractivity contribution in [1.82, 2.24) is 5.32 Å². The highest BCUT2D eigenvalue weighted by Gasteiger charge is 2.40. The third-order valence-electron chi connectivity index (χ3n) is 3.60. The highest BCUT2D eigenvalue weighted by Crippen LogP contribution is 2.30. The summed E-state index contributed by atoms with van der Waals surface area (Å²) in [7, 11) is 0. The second-order valence-electron chi connectivity index (χ2n) is 5.54. The lowest BCUT2D eigenvalue weighted by atomic mass is 10.2. The van der Waals surface area contributed by atoms with E-state index in [0.717, 1.165) is 16.7 Å². The molecular weight excluding hydrogens is 364 g/mol. The molecule has 2 rings (SSSR count). The number of carboxylic acid groups (broad SMARTS) is 2. The van der Waals surface area contributed by atoms with E-state index in [1.807, 2.05) is 0 Å². The van der Waals surface area contributed by atoms with Crippen molar-refractivity contribution >= 4 is 47.1 Å². The lowest BCUT2D eigenvalue weighted by Gasteiger charge is -2.17. The van der Waals surface area contributed by atoms with Gasteiger partial charge in [-0.15, -0.1) is 11.8 Å². The van der Waals surface area contributed by atoms with Crippen LogP contribution in [0, 0.1) is 0 Å². The van der Waals surface area contributed by atoms with E-state index in [1.54, 1.807) is 0 Å². The minimum Gasteiger partial charge on any atom is -0.480 e. The Morgan fingerprint density at radius 2 is 2.00 bits per heavy atom. The molecule has 0 radical (unpaired) electrons. The van der Waals surface area contributed by atoms with Gasteiger partial charge in [-0.1, -0.05) is 6.07 Å². The van der Waals surface area contributed by atoms with Gasteiger partial charge in [0.05, 0.1) is 16.5 Å². The fourth-order valence-electron chi connectivity index (χ4n) is 2.42. The van der Waals surface area contributed by atoms with Gasteiger partial charge < -0.3 is 15.5 Å². The number of nitrogens with zero attached hydrogens (tertiary/aromatic N) is 1. The van der Waals surface area contributed by atoms with Crippen molar-refractivity contribution < 1.29 is 34.2 Å². The van der Waals surface area contributed by atoms with E-state index in [0.29, 0.717) is 0 Å². The lowest BCUT2D eigenvalue weighted by molar-refractivity contribution is -0.140. The molecule has 138 valence electrons. The van der Waals surface area contributed by atoms with Gasteiger partial charge in [0.1, 0.15) is 6.04 Å². The van der Waals surface area contributed by atoms with Crippen LogP contribution in [0.4, 0.5) is 5.69 Å². The summed E-state index contributed by atoms with van der Waals surface area (Å²) in [5, 5.41) is 19.6. The minimum absolute atomic E-state index is 0.0594. The predicted molar refractivity (Wildman–Crippen MR) is 92.0 cm³/mol. The fraction of sp³-hybridized carbons (Fsp3) is 0.312. The molecule has 10 heteroatoms. The van der Waals surface area contributed by atoms with Crippen molar-refractivity contribution in [3.63, 3.8) is 0 Å². The zero-order chi connectivity index (χ0) is 19.4. The Hall–Kier alpha value is -2.88. The molecule has 3 amide bonds. The summed E-state index contributed by atoms with van der Waals surface area (Å²) in [6.45, 7) is 1.18. The molecule has 0 aromatic heterocycles. The van der Waals surface area contributed by atoms with Gasteiger partial charge >= 0.3 is 11.9 Å². The van der Waals surface area contributed by atoms with Crippen molar-refractivity contribution in [2.75, 3.05) is 10.7 Å². The maximum Gasteiger partial charge on any atom is 0.335 e. The van der Waals surface area contributed by atoms with Crippen molar-refractivity contribution in [3.05, 3.63) is 29.8 Å². The number of aliphatic carboxylic acids is 1. The number of nitrogens with one attached hydrogen (secondary N) is 1. The predicted octanol–water partition coefficient (Wildman–Crippen LogP) is 0.339. The van der Waals surface area contributed by atoms with Crippen LogP contribution in [0.25, 0.3) is 0 Å². The highest BCUT2D eigenvalue weighted by atomic mass is 32.2. The number of hydrogen-bond acceptors (Lipinski definition) is 6. The second-order valence-corrected chi connectivity index (χ2v) is 6.78. The maximum absolute atomic E-state index is 12.5. The standard InChI is InChI=1S/C16H16N2O7S/c1-8(19)17-11(16(24)25)7-26-12-6-13(20)18(14(12)21)10-4-2-3-9(5-10)15(22)23/h2-5,11-12H,6-7H2,1H3,(H,17,19)(H,22,23)(H,24,25). The molecule has 1 aliphatic heterocycles. The normalized spacial score (nSPS) is 17.9. The Morgan fingerprint density at radius 3 is 2.58 bits per heavy atom. The number of benzene rings is 1. The molecule has 2 unspecified atom stereocenters. The molecule has 26 heavy (non-hydrogen) atoms. The summed E-state index contributed by atoms with van der Waals surface area (Å²) in [5.41, 5.74) is 0.0930.